The number of nitrogens with one attached hydrogen (secondary N) is 1. The minimum atomic E-state index is -0.720. The van der Waals surface area contributed by atoms with Crippen LogP contribution in [0.3, 0.4) is 0 Å². The summed E-state index contributed by atoms with van der Waals surface area (Å²) in [6, 6.07) is 14.7. The van der Waals surface area contributed by atoms with Gasteiger partial charge in [-0.1, -0.05) is 30.3 Å². The van der Waals surface area contributed by atoms with Crippen molar-refractivity contribution in [3.8, 4) is 5.75 Å². The number of hydrogen-bond donors (Lipinski definition) is 1. The fraction of sp³-hybridized carbons (Fsp3) is 0.261. The molecule has 0 radical (unpaired) electrons. The third kappa shape index (κ3) is 3.68. The Labute approximate surface area is 178 Å². The highest BCUT2D eigenvalue weighted by atomic mass is 32.1. The Hall–Kier alpha value is -3.19. The predicted molar refractivity (Wildman–Crippen MR) is 120 cm³/mol. The Bertz CT molecular complexity index is 1270. The molecule has 1 amide bonds. The van der Waals surface area contributed by atoms with Crippen molar-refractivity contribution in [3.63, 3.8) is 0 Å². The van der Waals surface area contributed by atoms with Crippen molar-refractivity contribution in [2.75, 3.05) is 6.61 Å². The summed E-state index contributed by atoms with van der Waals surface area (Å²) in [5, 5.41) is 8.88. The SMILES string of the molecule is CCOc1ccc(CNC(=O)[C@@H](C)n2nc(C)c3sc4ccccc4c3c2=O)cc1. The molecule has 0 unspecified atom stereocenters. The largest absolute Gasteiger partial charge is 0.494 e. The first-order valence-electron chi connectivity index (χ1n) is 9.89. The van der Waals surface area contributed by atoms with Crippen molar-refractivity contribution >= 4 is 37.4 Å². The fourth-order valence-corrected chi connectivity index (χ4v) is 4.59. The number of fused-ring (bicyclic) bond motifs is 3. The molecular formula is C23H23N3O3S. The van der Waals surface area contributed by atoms with Crippen LogP contribution in [0.15, 0.2) is 53.3 Å². The second-order valence-electron chi connectivity index (χ2n) is 7.11. The van der Waals surface area contributed by atoms with Gasteiger partial charge in [-0.2, -0.15) is 5.10 Å². The van der Waals surface area contributed by atoms with Gasteiger partial charge in [0.15, 0.2) is 0 Å². The number of amides is 1. The lowest BCUT2D eigenvalue weighted by atomic mass is 10.2. The van der Waals surface area contributed by atoms with E-state index in [-0.39, 0.29) is 11.5 Å². The number of rotatable bonds is 6. The van der Waals surface area contributed by atoms with Gasteiger partial charge in [-0.3, -0.25) is 9.59 Å². The van der Waals surface area contributed by atoms with E-state index in [0.29, 0.717) is 18.5 Å². The van der Waals surface area contributed by atoms with Gasteiger partial charge in [0.2, 0.25) is 5.91 Å². The predicted octanol–water partition coefficient (Wildman–Crippen LogP) is 4.20. The second-order valence-corrected chi connectivity index (χ2v) is 8.16. The van der Waals surface area contributed by atoms with E-state index >= 15 is 0 Å². The topological polar surface area (TPSA) is 73.2 Å². The first kappa shape index (κ1) is 20.1. The summed E-state index contributed by atoms with van der Waals surface area (Å²) in [7, 11) is 0. The molecule has 4 aromatic rings. The summed E-state index contributed by atoms with van der Waals surface area (Å²) in [6.45, 7) is 6.48. The first-order valence-corrected chi connectivity index (χ1v) is 10.7. The van der Waals surface area contributed by atoms with Crippen molar-refractivity contribution in [2.24, 2.45) is 0 Å². The molecule has 4 rings (SSSR count). The molecule has 6 nitrogen and oxygen atoms in total. The highest BCUT2D eigenvalue weighted by Gasteiger charge is 2.21. The van der Waals surface area contributed by atoms with E-state index in [1.807, 2.05) is 62.4 Å². The van der Waals surface area contributed by atoms with Crippen LogP contribution in [0.1, 0.15) is 31.1 Å². The number of carbonyl (C=O) groups is 1. The normalized spacial score (nSPS) is 12.2. The quantitative estimate of drug-likeness (QED) is 0.507. The fourth-order valence-electron chi connectivity index (χ4n) is 3.46. The van der Waals surface area contributed by atoms with Gasteiger partial charge < -0.3 is 10.1 Å². The zero-order valence-electron chi connectivity index (χ0n) is 17.1. The van der Waals surface area contributed by atoms with Crippen molar-refractivity contribution in [1.29, 1.82) is 0 Å². The van der Waals surface area contributed by atoms with Crippen molar-refractivity contribution < 1.29 is 9.53 Å². The highest BCUT2D eigenvalue weighted by Crippen LogP contribution is 2.32. The van der Waals surface area contributed by atoms with Crippen molar-refractivity contribution in [1.82, 2.24) is 15.1 Å². The van der Waals surface area contributed by atoms with E-state index in [0.717, 1.165) is 31.8 Å². The number of thiophene rings is 1. The molecule has 0 fully saturated rings. The highest BCUT2D eigenvalue weighted by molar-refractivity contribution is 7.26. The molecule has 0 aliphatic rings. The molecule has 0 spiro atoms. The average molecular weight is 422 g/mol. The van der Waals surface area contributed by atoms with Gasteiger partial charge in [0.05, 0.1) is 22.4 Å². The van der Waals surface area contributed by atoms with Gasteiger partial charge in [-0.25, -0.2) is 4.68 Å². The minimum absolute atomic E-state index is 0.239. The van der Waals surface area contributed by atoms with E-state index in [1.54, 1.807) is 18.3 Å². The van der Waals surface area contributed by atoms with Gasteiger partial charge in [-0.15, -0.1) is 11.3 Å². The van der Waals surface area contributed by atoms with E-state index in [1.165, 1.54) is 4.68 Å². The zero-order valence-corrected chi connectivity index (χ0v) is 18.0. The van der Waals surface area contributed by atoms with Crippen LogP contribution in [0.25, 0.3) is 20.2 Å². The molecule has 154 valence electrons. The van der Waals surface area contributed by atoms with Gasteiger partial charge >= 0.3 is 0 Å². The summed E-state index contributed by atoms with van der Waals surface area (Å²) < 4.78 is 8.65. The zero-order chi connectivity index (χ0) is 21.3. The van der Waals surface area contributed by atoms with E-state index in [2.05, 4.69) is 10.4 Å². The third-order valence-corrected chi connectivity index (χ3v) is 6.33. The number of nitrogens with zero attached hydrogens (tertiary/aromatic N) is 2. The lowest BCUT2D eigenvalue weighted by Gasteiger charge is -2.15. The molecule has 0 bridgehead atoms. The molecule has 7 heteroatoms. The van der Waals surface area contributed by atoms with Crippen LogP contribution in [-0.2, 0) is 11.3 Å². The van der Waals surface area contributed by atoms with Crippen LogP contribution in [0.2, 0.25) is 0 Å². The van der Waals surface area contributed by atoms with Gasteiger partial charge in [-0.05, 0) is 44.5 Å². The lowest BCUT2D eigenvalue weighted by Crippen LogP contribution is -2.37. The van der Waals surface area contributed by atoms with Crippen LogP contribution in [0.5, 0.6) is 5.75 Å². The summed E-state index contributed by atoms with van der Waals surface area (Å²) in [5.41, 5.74) is 1.46. The van der Waals surface area contributed by atoms with E-state index in [4.69, 9.17) is 4.74 Å². The number of benzene rings is 2. The Morgan fingerprint density at radius 1 is 1.20 bits per heavy atom. The number of carbonyl (C=O) groups excluding carboxylic acids is 1. The molecule has 0 aliphatic carbocycles. The Morgan fingerprint density at radius 2 is 1.93 bits per heavy atom. The minimum Gasteiger partial charge on any atom is -0.494 e. The summed E-state index contributed by atoms with van der Waals surface area (Å²) in [5.74, 6) is 0.542. The number of hydrogen-bond acceptors (Lipinski definition) is 5. The second kappa shape index (κ2) is 8.28. The summed E-state index contributed by atoms with van der Waals surface area (Å²) in [6.07, 6.45) is 0. The molecule has 1 atom stereocenters. The Kier molecular flexibility index (Phi) is 5.55. The molecule has 2 aromatic carbocycles. The van der Waals surface area contributed by atoms with Gasteiger partial charge in [0.1, 0.15) is 11.8 Å². The third-order valence-electron chi connectivity index (χ3n) is 5.05. The molecule has 2 heterocycles. The summed E-state index contributed by atoms with van der Waals surface area (Å²) in [4.78, 5) is 25.9. The average Bonchev–Trinajstić information content (AvgIpc) is 3.16. The maximum absolute atomic E-state index is 13.2. The van der Waals surface area contributed by atoms with Crippen LogP contribution in [0, 0.1) is 6.92 Å². The van der Waals surface area contributed by atoms with Gasteiger partial charge in [0, 0.05) is 16.6 Å². The van der Waals surface area contributed by atoms with Gasteiger partial charge in [0.25, 0.3) is 5.56 Å². The monoisotopic (exact) mass is 421 g/mol. The standard InChI is InChI=1S/C23H23N3O3S/c1-4-29-17-11-9-16(10-12-17)13-24-22(27)15(3)26-23(28)20-18-7-5-6-8-19(18)30-21(20)14(2)25-26/h5-12,15H,4,13H2,1-3H3,(H,24,27)/t15-/m1/s1. The van der Waals surface area contributed by atoms with E-state index < -0.39 is 6.04 Å². The Balaban J connectivity index is 1.58. The molecule has 1 N–H and O–H groups in total. The van der Waals surface area contributed by atoms with Crippen LogP contribution >= 0.6 is 11.3 Å². The number of aryl methyl sites for hydroxylation is 1. The maximum atomic E-state index is 13.2. The molecule has 2 aromatic heterocycles. The number of ether oxygens (including phenoxy) is 1. The number of aromatic nitrogens is 2. The molecule has 0 aliphatic heterocycles. The van der Waals surface area contributed by atoms with Crippen LogP contribution < -0.4 is 15.6 Å². The van der Waals surface area contributed by atoms with Crippen LogP contribution in [-0.4, -0.2) is 22.3 Å². The maximum Gasteiger partial charge on any atom is 0.276 e. The van der Waals surface area contributed by atoms with E-state index in [9.17, 15) is 9.59 Å². The van der Waals surface area contributed by atoms with Crippen LogP contribution in [0.4, 0.5) is 0 Å². The first-order chi connectivity index (χ1) is 14.5. The molecule has 0 saturated carbocycles. The smallest absolute Gasteiger partial charge is 0.276 e. The Morgan fingerprint density at radius 3 is 2.67 bits per heavy atom. The van der Waals surface area contributed by atoms with Crippen molar-refractivity contribution in [2.45, 2.75) is 33.4 Å². The summed E-state index contributed by atoms with van der Waals surface area (Å²) >= 11 is 1.56. The van der Waals surface area contributed by atoms with Crippen molar-refractivity contribution in [3.05, 3.63) is 70.1 Å². The molecular weight excluding hydrogens is 398 g/mol. The molecule has 30 heavy (non-hydrogen) atoms. The lowest BCUT2D eigenvalue weighted by molar-refractivity contribution is -0.124. The molecule has 0 saturated heterocycles.